The standard InChI is InChI=1S/C13H10N2O2/c16-9-10-1-2-11-4-6-15(13(11)7-10)8-12-3-5-14-17-12/h1-7,9H,8H2. The summed E-state index contributed by atoms with van der Waals surface area (Å²) in [5.74, 6) is 0.791. The maximum atomic E-state index is 10.8. The van der Waals surface area contributed by atoms with Gasteiger partial charge in [0.1, 0.15) is 6.29 Å². The highest BCUT2D eigenvalue weighted by Crippen LogP contribution is 2.18. The molecule has 0 saturated carbocycles. The van der Waals surface area contributed by atoms with Gasteiger partial charge >= 0.3 is 0 Å². The van der Waals surface area contributed by atoms with Crippen molar-refractivity contribution in [3.8, 4) is 0 Å². The lowest BCUT2D eigenvalue weighted by Gasteiger charge is -2.02. The summed E-state index contributed by atoms with van der Waals surface area (Å²) in [5, 5.41) is 4.78. The van der Waals surface area contributed by atoms with Crippen molar-refractivity contribution in [2.24, 2.45) is 0 Å². The Labute approximate surface area is 97.4 Å². The second kappa shape index (κ2) is 3.90. The quantitative estimate of drug-likeness (QED) is 0.644. The molecule has 3 rings (SSSR count). The Balaban J connectivity index is 2.07. The van der Waals surface area contributed by atoms with Crippen molar-refractivity contribution in [2.45, 2.75) is 6.54 Å². The van der Waals surface area contributed by atoms with E-state index in [-0.39, 0.29) is 0 Å². The number of carbonyl (C=O) groups excluding carboxylic acids is 1. The molecule has 17 heavy (non-hydrogen) atoms. The van der Waals surface area contributed by atoms with Crippen LogP contribution in [0.2, 0.25) is 0 Å². The molecule has 3 aromatic rings. The molecule has 2 heterocycles. The zero-order valence-corrected chi connectivity index (χ0v) is 9.04. The molecule has 4 nitrogen and oxygen atoms in total. The predicted octanol–water partition coefficient (Wildman–Crippen LogP) is 2.49. The number of aromatic nitrogens is 2. The molecule has 0 fully saturated rings. The van der Waals surface area contributed by atoms with Gasteiger partial charge in [0.25, 0.3) is 0 Å². The summed E-state index contributed by atoms with van der Waals surface area (Å²) < 4.78 is 7.10. The maximum absolute atomic E-state index is 10.8. The molecule has 0 aliphatic heterocycles. The van der Waals surface area contributed by atoms with E-state index in [1.165, 1.54) is 0 Å². The first-order valence-corrected chi connectivity index (χ1v) is 5.30. The third-order valence-corrected chi connectivity index (χ3v) is 2.75. The highest BCUT2D eigenvalue weighted by Gasteiger charge is 2.04. The average molecular weight is 226 g/mol. The fourth-order valence-corrected chi connectivity index (χ4v) is 1.90. The van der Waals surface area contributed by atoms with Crippen LogP contribution in [-0.2, 0) is 6.54 Å². The smallest absolute Gasteiger partial charge is 0.156 e. The summed E-state index contributed by atoms with van der Waals surface area (Å²) in [6.45, 7) is 0.617. The number of hydrogen-bond donors (Lipinski definition) is 0. The fourth-order valence-electron chi connectivity index (χ4n) is 1.90. The monoisotopic (exact) mass is 226 g/mol. The van der Waals surface area contributed by atoms with Crippen molar-refractivity contribution in [1.29, 1.82) is 0 Å². The van der Waals surface area contributed by atoms with Gasteiger partial charge in [-0.25, -0.2) is 0 Å². The molecular formula is C13H10N2O2. The van der Waals surface area contributed by atoms with Crippen LogP contribution in [0.3, 0.4) is 0 Å². The largest absolute Gasteiger partial charge is 0.359 e. The number of rotatable bonds is 3. The molecule has 0 amide bonds. The maximum Gasteiger partial charge on any atom is 0.156 e. The Morgan fingerprint density at radius 3 is 3.00 bits per heavy atom. The minimum atomic E-state index is 0.617. The lowest BCUT2D eigenvalue weighted by molar-refractivity contribution is 0.112. The zero-order valence-electron chi connectivity index (χ0n) is 9.04. The van der Waals surface area contributed by atoms with Gasteiger partial charge in [-0.1, -0.05) is 17.3 Å². The lowest BCUT2D eigenvalue weighted by atomic mass is 10.2. The number of nitrogens with zero attached hydrogens (tertiary/aromatic N) is 2. The van der Waals surface area contributed by atoms with E-state index in [0.29, 0.717) is 12.1 Å². The number of hydrogen-bond acceptors (Lipinski definition) is 3. The second-order valence-electron chi connectivity index (χ2n) is 3.86. The average Bonchev–Trinajstić information content (AvgIpc) is 2.99. The van der Waals surface area contributed by atoms with E-state index in [1.807, 2.05) is 41.1 Å². The van der Waals surface area contributed by atoms with Crippen LogP contribution >= 0.6 is 0 Å². The van der Waals surface area contributed by atoms with E-state index in [9.17, 15) is 4.79 Å². The van der Waals surface area contributed by atoms with Gasteiger partial charge in [-0.3, -0.25) is 4.79 Å². The van der Waals surface area contributed by atoms with Crippen LogP contribution in [-0.4, -0.2) is 16.0 Å². The molecule has 0 N–H and O–H groups in total. The number of benzene rings is 1. The van der Waals surface area contributed by atoms with Crippen molar-refractivity contribution >= 4 is 17.2 Å². The molecule has 0 atom stereocenters. The van der Waals surface area contributed by atoms with Gasteiger partial charge in [-0.2, -0.15) is 0 Å². The minimum absolute atomic E-state index is 0.617. The van der Waals surface area contributed by atoms with Crippen LogP contribution < -0.4 is 0 Å². The summed E-state index contributed by atoms with van der Waals surface area (Å²) in [4.78, 5) is 10.8. The first-order chi connectivity index (χ1) is 8.36. The van der Waals surface area contributed by atoms with Crippen LogP contribution in [0.1, 0.15) is 16.1 Å². The van der Waals surface area contributed by atoms with Gasteiger partial charge in [-0.15, -0.1) is 0 Å². The summed E-state index contributed by atoms with van der Waals surface area (Å²) in [6, 6.07) is 9.47. The number of fused-ring (bicyclic) bond motifs is 1. The molecule has 4 heteroatoms. The van der Waals surface area contributed by atoms with Crippen molar-refractivity contribution in [2.75, 3.05) is 0 Å². The summed E-state index contributed by atoms with van der Waals surface area (Å²) >= 11 is 0. The highest BCUT2D eigenvalue weighted by molar-refractivity contribution is 5.87. The molecule has 0 unspecified atom stereocenters. The molecule has 0 bridgehead atoms. The van der Waals surface area contributed by atoms with E-state index in [1.54, 1.807) is 6.20 Å². The topological polar surface area (TPSA) is 48.0 Å². The summed E-state index contributed by atoms with van der Waals surface area (Å²) in [6.07, 6.45) is 4.45. The molecule has 2 aromatic heterocycles. The van der Waals surface area contributed by atoms with E-state index < -0.39 is 0 Å². The summed E-state index contributed by atoms with van der Waals surface area (Å²) in [5.41, 5.74) is 1.70. The Bertz CT molecular complexity index is 653. The van der Waals surface area contributed by atoms with Crippen LogP contribution in [0, 0.1) is 0 Å². The Hall–Kier alpha value is -2.36. The minimum Gasteiger partial charge on any atom is -0.359 e. The van der Waals surface area contributed by atoms with Gasteiger partial charge in [0.15, 0.2) is 5.76 Å². The van der Waals surface area contributed by atoms with E-state index in [0.717, 1.165) is 22.9 Å². The molecule has 84 valence electrons. The Morgan fingerprint density at radius 2 is 2.24 bits per heavy atom. The van der Waals surface area contributed by atoms with Crippen LogP contribution in [0.15, 0.2) is 47.2 Å². The third kappa shape index (κ3) is 1.73. The zero-order chi connectivity index (χ0) is 11.7. The van der Waals surface area contributed by atoms with E-state index >= 15 is 0 Å². The fraction of sp³-hybridized carbons (Fsp3) is 0.0769. The van der Waals surface area contributed by atoms with Gasteiger partial charge in [0, 0.05) is 23.3 Å². The second-order valence-corrected chi connectivity index (χ2v) is 3.86. The van der Waals surface area contributed by atoms with Crippen molar-refractivity contribution < 1.29 is 9.32 Å². The van der Waals surface area contributed by atoms with Crippen molar-refractivity contribution in [3.05, 3.63) is 54.0 Å². The SMILES string of the molecule is O=Cc1ccc2ccn(Cc3ccno3)c2c1. The van der Waals surface area contributed by atoms with E-state index in [4.69, 9.17) is 4.52 Å². The van der Waals surface area contributed by atoms with Gasteiger partial charge in [0.05, 0.1) is 12.7 Å². The highest BCUT2D eigenvalue weighted by atomic mass is 16.5. The molecule has 0 aliphatic rings. The van der Waals surface area contributed by atoms with Gasteiger partial charge in [0.2, 0.25) is 0 Å². The summed E-state index contributed by atoms with van der Waals surface area (Å²) in [7, 11) is 0. The first-order valence-electron chi connectivity index (χ1n) is 5.30. The molecule has 0 spiro atoms. The van der Waals surface area contributed by atoms with Gasteiger partial charge in [-0.05, 0) is 17.5 Å². The third-order valence-electron chi connectivity index (χ3n) is 2.75. The van der Waals surface area contributed by atoms with Crippen molar-refractivity contribution in [1.82, 2.24) is 9.72 Å². The first kappa shape index (κ1) is 9.84. The predicted molar refractivity (Wildman–Crippen MR) is 62.9 cm³/mol. The Kier molecular flexibility index (Phi) is 2.26. The van der Waals surface area contributed by atoms with Crippen LogP contribution in [0.25, 0.3) is 10.9 Å². The normalized spacial score (nSPS) is 10.8. The van der Waals surface area contributed by atoms with E-state index in [2.05, 4.69) is 5.16 Å². The number of aldehydes is 1. The molecular weight excluding hydrogens is 216 g/mol. The van der Waals surface area contributed by atoms with Gasteiger partial charge < -0.3 is 9.09 Å². The molecule has 1 aromatic carbocycles. The molecule has 0 radical (unpaired) electrons. The molecule has 0 aliphatic carbocycles. The van der Waals surface area contributed by atoms with Crippen molar-refractivity contribution in [3.63, 3.8) is 0 Å². The Morgan fingerprint density at radius 1 is 1.29 bits per heavy atom. The lowest BCUT2D eigenvalue weighted by Crippen LogP contribution is -1.96. The number of carbonyl (C=O) groups is 1. The molecule has 0 saturated heterocycles. The van der Waals surface area contributed by atoms with Crippen LogP contribution in [0.4, 0.5) is 0 Å². The van der Waals surface area contributed by atoms with Crippen LogP contribution in [0.5, 0.6) is 0 Å².